The summed E-state index contributed by atoms with van der Waals surface area (Å²) < 4.78 is 0. The Morgan fingerprint density at radius 2 is 1.64 bits per heavy atom. The first-order chi connectivity index (χ1) is 12.0. The zero-order valence-electron chi connectivity index (χ0n) is 14.4. The summed E-state index contributed by atoms with van der Waals surface area (Å²) in [7, 11) is 0. The molecule has 0 aromatic heterocycles. The number of hydrogen-bond acceptors (Lipinski definition) is 3. The van der Waals surface area contributed by atoms with Crippen molar-refractivity contribution in [1.82, 2.24) is 5.32 Å². The third-order valence-corrected chi connectivity index (χ3v) is 4.33. The number of urea groups is 1. The molecule has 5 nitrogen and oxygen atoms in total. The molecule has 3 N–H and O–H groups in total. The highest BCUT2D eigenvalue weighted by Crippen LogP contribution is 2.17. The Bertz CT molecular complexity index is 705. The number of anilines is 2. The predicted octanol–water partition coefficient (Wildman–Crippen LogP) is 4.19. The number of carbonyl (C=O) groups excluding carboxylic acids is 2. The largest absolute Gasteiger partial charge is 0.337 e. The number of benzene rings is 2. The van der Waals surface area contributed by atoms with Gasteiger partial charge in [0.2, 0.25) is 5.91 Å². The van der Waals surface area contributed by atoms with Gasteiger partial charge in [-0.3, -0.25) is 4.79 Å². The first kappa shape index (κ1) is 18.9. The quantitative estimate of drug-likeness (QED) is 0.514. The predicted molar refractivity (Wildman–Crippen MR) is 104 cm³/mol. The van der Waals surface area contributed by atoms with Crippen molar-refractivity contribution in [3.63, 3.8) is 0 Å². The lowest BCUT2D eigenvalue weighted by Gasteiger charge is -2.11. The highest BCUT2D eigenvalue weighted by atomic mass is 32.2. The first-order valence-corrected chi connectivity index (χ1v) is 9.17. The van der Waals surface area contributed by atoms with E-state index in [1.165, 1.54) is 4.90 Å². The molecule has 132 valence electrons. The average Bonchev–Trinajstić information content (AvgIpc) is 2.60. The van der Waals surface area contributed by atoms with Crippen LogP contribution >= 0.6 is 11.8 Å². The van der Waals surface area contributed by atoms with E-state index in [1.54, 1.807) is 36.0 Å². The van der Waals surface area contributed by atoms with Crippen molar-refractivity contribution >= 4 is 35.1 Å². The summed E-state index contributed by atoms with van der Waals surface area (Å²) in [6, 6.07) is 16.9. The van der Waals surface area contributed by atoms with Crippen LogP contribution in [0.4, 0.5) is 16.2 Å². The van der Waals surface area contributed by atoms with E-state index in [0.717, 1.165) is 5.75 Å². The minimum atomic E-state index is -0.263. The van der Waals surface area contributed by atoms with Crippen LogP contribution in [0, 0.1) is 5.92 Å². The van der Waals surface area contributed by atoms with Gasteiger partial charge in [0.25, 0.3) is 0 Å². The molecule has 0 unspecified atom stereocenters. The topological polar surface area (TPSA) is 70.2 Å². The van der Waals surface area contributed by atoms with Gasteiger partial charge in [-0.15, -0.1) is 11.8 Å². The van der Waals surface area contributed by atoms with E-state index in [0.29, 0.717) is 17.9 Å². The molecule has 0 fully saturated rings. The summed E-state index contributed by atoms with van der Waals surface area (Å²) in [5.41, 5.74) is 1.30. The van der Waals surface area contributed by atoms with Crippen LogP contribution in [-0.4, -0.2) is 24.2 Å². The third-order valence-electron chi connectivity index (χ3n) is 3.31. The number of carbonyl (C=O) groups is 2. The van der Waals surface area contributed by atoms with Gasteiger partial charge >= 0.3 is 6.03 Å². The maximum absolute atomic E-state index is 11.9. The molecule has 0 saturated carbocycles. The van der Waals surface area contributed by atoms with Crippen LogP contribution in [0.1, 0.15) is 13.8 Å². The molecule has 25 heavy (non-hydrogen) atoms. The molecule has 0 radical (unpaired) electrons. The van der Waals surface area contributed by atoms with Crippen molar-refractivity contribution in [2.24, 2.45) is 5.92 Å². The molecule has 0 saturated heterocycles. The number of hydrogen-bond donors (Lipinski definition) is 3. The molecular formula is C19H23N3O2S. The minimum Gasteiger partial charge on any atom is -0.337 e. The molecule has 0 aliphatic rings. The maximum Gasteiger partial charge on any atom is 0.319 e. The highest BCUT2D eigenvalue weighted by Gasteiger charge is 2.08. The Balaban J connectivity index is 1.75. The Kier molecular flexibility index (Phi) is 7.35. The molecule has 2 rings (SSSR count). The number of nitrogens with one attached hydrogen (secondary N) is 3. The lowest BCUT2D eigenvalue weighted by atomic mass is 10.2. The normalized spacial score (nSPS) is 10.4. The fourth-order valence-electron chi connectivity index (χ4n) is 1.99. The minimum absolute atomic E-state index is 0.0560. The maximum atomic E-state index is 11.9. The summed E-state index contributed by atoms with van der Waals surface area (Å²) >= 11 is 1.69. The summed E-state index contributed by atoms with van der Waals surface area (Å²) in [5, 5.41) is 8.41. The number of amides is 3. The smallest absolute Gasteiger partial charge is 0.319 e. The van der Waals surface area contributed by atoms with E-state index >= 15 is 0 Å². The molecule has 0 spiro atoms. The van der Waals surface area contributed by atoms with Crippen LogP contribution in [-0.2, 0) is 4.79 Å². The van der Waals surface area contributed by atoms with Crippen LogP contribution in [0.5, 0.6) is 0 Å². The van der Waals surface area contributed by atoms with Gasteiger partial charge in [-0.05, 0) is 30.3 Å². The second kappa shape index (κ2) is 9.74. The summed E-state index contributed by atoms with van der Waals surface area (Å²) in [5.74, 6) is 0.642. The second-order valence-corrected chi connectivity index (χ2v) is 6.94. The lowest BCUT2D eigenvalue weighted by molar-refractivity contribution is -0.118. The van der Waals surface area contributed by atoms with Gasteiger partial charge in [-0.1, -0.05) is 38.1 Å². The fourth-order valence-corrected chi connectivity index (χ4v) is 2.78. The van der Waals surface area contributed by atoms with Crippen molar-refractivity contribution in [3.8, 4) is 0 Å². The Morgan fingerprint density at radius 3 is 2.32 bits per heavy atom. The number of rotatable bonds is 7. The standard InChI is InChI=1S/C19H23N3O2S/c1-14(2)18(23)21-15-7-6-8-16(13-15)22-19(24)20-11-12-25-17-9-4-3-5-10-17/h3-10,13-14H,11-12H2,1-2H3,(H,21,23)(H2,20,22,24). The Morgan fingerprint density at radius 1 is 0.960 bits per heavy atom. The lowest BCUT2D eigenvalue weighted by Crippen LogP contribution is -2.30. The molecular weight excluding hydrogens is 334 g/mol. The van der Waals surface area contributed by atoms with Crippen LogP contribution in [0.15, 0.2) is 59.5 Å². The van der Waals surface area contributed by atoms with Gasteiger partial charge in [0.1, 0.15) is 0 Å². The number of thioether (sulfide) groups is 1. The van der Waals surface area contributed by atoms with Gasteiger partial charge in [0.05, 0.1) is 0 Å². The van der Waals surface area contributed by atoms with E-state index in [9.17, 15) is 9.59 Å². The molecule has 2 aromatic carbocycles. The van der Waals surface area contributed by atoms with Crippen LogP contribution in [0.2, 0.25) is 0 Å². The summed E-state index contributed by atoms with van der Waals surface area (Å²) in [6.45, 7) is 4.23. The molecule has 0 aliphatic carbocycles. The average molecular weight is 357 g/mol. The van der Waals surface area contributed by atoms with E-state index in [4.69, 9.17) is 0 Å². The SMILES string of the molecule is CC(C)C(=O)Nc1cccc(NC(=O)NCCSc2ccccc2)c1. The zero-order chi connectivity index (χ0) is 18.1. The highest BCUT2D eigenvalue weighted by molar-refractivity contribution is 7.99. The van der Waals surface area contributed by atoms with Gasteiger partial charge < -0.3 is 16.0 Å². The van der Waals surface area contributed by atoms with Gasteiger partial charge in [-0.2, -0.15) is 0 Å². The van der Waals surface area contributed by atoms with Gasteiger partial charge in [0, 0.05) is 34.5 Å². The first-order valence-electron chi connectivity index (χ1n) is 8.18. The third kappa shape index (κ3) is 6.89. The van der Waals surface area contributed by atoms with E-state index in [1.807, 2.05) is 44.2 Å². The Hall–Kier alpha value is -2.47. The Labute approximate surface area is 152 Å². The van der Waals surface area contributed by atoms with Crippen molar-refractivity contribution in [2.45, 2.75) is 18.7 Å². The van der Waals surface area contributed by atoms with E-state index < -0.39 is 0 Å². The van der Waals surface area contributed by atoms with E-state index in [2.05, 4.69) is 16.0 Å². The molecule has 6 heteroatoms. The van der Waals surface area contributed by atoms with Crippen LogP contribution < -0.4 is 16.0 Å². The monoisotopic (exact) mass is 357 g/mol. The molecule has 2 aromatic rings. The molecule has 0 atom stereocenters. The van der Waals surface area contributed by atoms with Crippen LogP contribution in [0.3, 0.4) is 0 Å². The fraction of sp³-hybridized carbons (Fsp3) is 0.263. The van der Waals surface area contributed by atoms with Gasteiger partial charge in [0.15, 0.2) is 0 Å². The van der Waals surface area contributed by atoms with Gasteiger partial charge in [-0.25, -0.2) is 4.79 Å². The second-order valence-electron chi connectivity index (χ2n) is 5.77. The van der Waals surface area contributed by atoms with Crippen molar-refractivity contribution in [3.05, 3.63) is 54.6 Å². The zero-order valence-corrected chi connectivity index (χ0v) is 15.2. The summed E-state index contributed by atoms with van der Waals surface area (Å²) in [4.78, 5) is 24.8. The molecule has 0 heterocycles. The van der Waals surface area contributed by atoms with Crippen molar-refractivity contribution in [1.29, 1.82) is 0 Å². The summed E-state index contributed by atoms with van der Waals surface area (Å²) in [6.07, 6.45) is 0. The molecule has 0 bridgehead atoms. The molecule has 3 amide bonds. The van der Waals surface area contributed by atoms with Crippen molar-refractivity contribution < 1.29 is 9.59 Å². The van der Waals surface area contributed by atoms with Crippen LogP contribution in [0.25, 0.3) is 0 Å². The van der Waals surface area contributed by atoms with Crippen molar-refractivity contribution in [2.75, 3.05) is 22.9 Å². The van der Waals surface area contributed by atoms with E-state index in [-0.39, 0.29) is 17.9 Å². The molecule has 0 aliphatic heterocycles.